The summed E-state index contributed by atoms with van der Waals surface area (Å²) < 4.78 is 5.16. The van der Waals surface area contributed by atoms with Gasteiger partial charge < -0.3 is 20.3 Å². The number of pyridine rings is 1. The number of nitrogens with one attached hydrogen (secondary N) is 1. The highest BCUT2D eigenvalue weighted by Crippen LogP contribution is 2.40. The third-order valence-corrected chi connectivity index (χ3v) is 6.66. The molecule has 1 saturated carbocycles. The molecule has 8 nitrogen and oxygen atoms in total. The van der Waals surface area contributed by atoms with Gasteiger partial charge in [-0.2, -0.15) is 4.98 Å². The maximum absolute atomic E-state index is 11.2. The average molecular weight is 463 g/mol. The highest BCUT2D eigenvalue weighted by molar-refractivity contribution is 5.71. The van der Waals surface area contributed by atoms with E-state index in [-0.39, 0.29) is 11.8 Å². The fourth-order valence-electron chi connectivity index (χ4n) is 4.64. The molecule has 0 bridgehead atoms. The van der Waals surface area contributed by atoms with Gasteiger partial charge in [0, 0.05) is 29.7 Å². The van der Waals surface area contributed by atoms with Crippen molar-refractivity contribution in [3.05, 3.63) is 60.0 Å². The minimum Gasteiger partial charge on any atom is -0.481 e. The van der Waals surface area contributed by atoms with Crippen molar-refractivity contribution in [2.24, 2.45) is 11.8 Å². The highest BCUT2D eigenvalue weighted by Gasteiger charge is 2.38. The summed E-state index contributed by atoms with van der Waals surface area (Å²) in [6.07, 6.45) is 5.93. The van der Waals surface area contributed by atoms with Crippen LogP contribution in [0, 0.1) is 18.8 Å². The Bertz CT molecular complexity index is 1160. The second kappa shape index (κ2) is 9.77. The minimum atomic E-state index is -1.11. The number of aryl methyl sites for hydroxylation is 1. The number of aliphatic hydroxyl groups is 1. The minimum absolute atomic E-state index is 0.0147. The molecule has 0 aliphatic heterocycles. The van der Waals surface area contributed by atoms with E-state index in [1.807, 2.05) is 31.2 Å². The van der Waals surface area contributed by atoms with Crippen molar-refractivity contribution in [3.8, 4) is 17.0 Å². The number of ether oxygens (including phenoxy) is 1. The Morgan fingerprint density at radius 1 is 1.09 bits per heavy atom. The molecule has 1 fully saturated rings. The number of aliphatic carboxylic acids is 1. The summed E-state index contributed by atoms with van der Waals surface area (Å²) in [5, 5.41) is 23.7. The van der Waals surface area contributed by atoms with Crippen LogP contribution in [0.25, 0.3) is 11.1 Å². The molecular formula is C26H30N4O4. The topological polar surface area (TPSA) is 117 Å². The number of methoxy groups -OCH3 is 1. The molecule has 8 heteroatoms. The summed E-state index contributed by atoms with van der Waals surface area (Å²) in [5.74, 6) is -0.148. The first kappa shape index (κ1) is 23.6. The van der Waals surface area contributed by atoms with Gasteiger partial charge in [-0.25, -0.2) is 4.98 Å². The molecule has 3 N–H and O–H groups in total. The maximum Gasteiger partial charge on any atom is 0.306 e. The SMILES string of the molecule is COc1ccnc(Nc2cc(C)cc(-c3ccc([C@](C)(O)[C@H]4CC[C@H](C(=O)O)CC4)nc3)c2)n1. The van der Waals surface area contributed by atoms with Gasteiger partial charge in [0.2, 0.25) is 11.8 Å². The van der Waals surface area contributed by atoms with Crippen LogP contribution in [0.4, 0.5) is 11.6 Å². The van der Waals surface area contributed by atoms with Gasteiger partial charge in [-0.15, -0.1) is 0 Å². The summed E-state index contributed by atoms with van der Waals surface area (Å²) >= 11 is 0. The van der Waals surface area contributed by atoms with E-state index in [4.69, 9.17) is 4.74 Å². The van der Waals surface area contributed by atoms with Gasteiger partial charge in [-0.1, -0.05) is 12.1 Å². The second-order valence-corrected chi connectivity index (χ2v) is 9.10. The molecule has 1 aromatic carbocycles. The lowest BCUT2D eigenvalue weighted by molar-refractivity contribution is -0.144. The van der Waals surface area contributed by atoms with Crippen molar-refractivity contribution in [3.63, 3.8) is 0 Å². The first-order chi connectivity index (χ1) is 16.3. The summed E-state index contributed by atoms with van der Waals surface area (Å²) in [7, 11) is 1.56. The number of nitrogens with zero attached hydrogens (tertiary/aromatic N) is 3. The van der Waals surface area contributed by atoms with Crippen molar-refractivity contribution < 1.29 is 19.7 Å². The van der Waals surface area contributed by atoms with Crippen LogP contribution in [0.5, 0.6) is 5.88 Å². The molecule has 1 aliphatic rings. The third-order valence-electron chi connectivity index (χ3n) is 6.66. The van der Waals surface area contributed by atoms with Crippen LogP contribution in [0.2, 0.25) is 0 Å². The summed E-state index contributed by atoms with van der Waals surface area (Å²) in [6.45, 7) is 3.80. The van der Waals surface area contributed by atoms with E-state index in [0.29, 0.717) is 43.2 Å². The largest absolute Gasteiger partial charge is 0.481 e. The molecule has 34 heavy (non-hydrogen) atoms. The van der Waals surface area contributed by atoms with Crippen LogP contribution in [0.3, 0.4) is 0 Å². The number of hydrogen-bond acceptors (Lipinski definition) is 7. The lowest BCUT2D eigenvalue weighted by Crippen LogP contribution is -2.36. The van der Waals surface area contributed by atoms with Gasteiger partial charge in [0.1, 0.15) is 5.60 Å². The van der Waals surface area contributed by atoms with Crippen molar-refractivity contribution in [2.45, 2.75) is 45.1 Å². The highest BCUT2D eigenvalue weighted by atomic mass is 16.5. The molecule has 0 spiro atoms. The molecule has 1 aliphatic carbocycles. The van der Waals surface area contributed by atoms with E-state index in [1.54, 1.807) is 32.5 Å². The van der Waals surface area contributed by atoms with Crippen LogP contribution in [-0.4, -0.2) is 38.2 Å². The Balaban J connectivity index is 1.51. The van der Waals surface area contributed by atoms with Crippen LogP contribution in [-0.2, 0) is 10.4 Å². The third kappa shape index (κ3) is 5.17. The van der Waals surface area contributed by atoms with Crippen LogP contribution < -0.4 is 10.1 Å². The van der Waals surface area contributed by atoms with Gasteiger partial charge >= 0.3 is 5.97 Å². The fraction of sp³-hybridized carbons (Fsp3) is 0.385. The van der Waals surface area contributed by atoms with E-state index in [9.17, 15) is 15.0 Å². The Hall–Kier alpha value is -3.52. The summed E-state index contributed by atoms with van der Waals surface area (Å²) in [5.41, 5.74) is 3.30. The first-order valence-electron chi connectivity index (χ1n) is 11.4. The van der Waals surface area contributed by atoms with E-state index >= 15 is 0 Å². The second-order valence-electron chi connectivity index (χ2n) is 9.10. The molecule has 178 valence electrons. The monoisotopic (exact) mass is 462 g/mol. The molecule has 2 heterocycles. The van der Waals surface area contributed by atoms with Gasteiger partial charge in [-0.3, -0.25) is 9.78 Å². The lowest BCUT2D eigenvalue weighted by atomic mass is 9.73. The smallest absolute Gasteiger partial charge is 0.306 e. The lowest BCUT2D eigenvalue weighted by Gasteiger charge is -2.36. The standard InChI is InChI=1S/C26H30N4O4/c1-16-12-19(14-21(13-16)29-25-27-11-10-23(30-25)34-3)18-6-9-22(28-15-18)26(2,33)20-7-4-17(5-8-20)24(31)32/h6,9-15,17,20,33H,4-5,7-8H2,1-3H3,(H,31,32)(H,27,29,30)/t17-,20-,26-/m1/s1. The van der Waals surface area contributed by atoms with Crippen molar-refractivity contribution in [1.82, 2.24) is 15.0 Å². The van der Waals surface area contributed by atoms with Crippen LogP contribution in [0.1, 0.15) is 43.9 Å². The zero-order valence-corrected chi connectivity index (χ0v) is 19.7. The average Bonchev–Trinajstić information content (AvgIpc) is 2.84. The molecule has 3 aromatic rings. The number of anilines is 2. The van der Waals surface area contributed by atoms with Gasteiger partial charge in [0.05, 0.1) is 18.7 Å². The molecule has 4 rings (SSSR count). The zero-order chi connectivity index (χ0) is 24.3. The Morgan fingerprint density at radius 2 is 1.85 bits per heavy atom. The zero-order valence-electron chi connectivity index (χ0n) is 19.7. The van der Waals surface area contributed by atoms with Crippen LogP contribution in [0.15, 0.2) is 48.8 Å². The predicted molar refractivity (Wildman–Crippen MR) is 129 cm³/mol. The predicted octanol–water partition coefficient (Wildman–Crippen LogP) is 4.70. The van der Waals surface area contributed by atoms with Crippen molar-refractivity contribution in [2.75, 3.05) is 12.4 Å². The first-order valence-corrected chi connectivity index (χ1v) is 11.4. The number of rotatable bonds is 7. The number of benzene rings is 1. The van der Waals surface area contributed by atoms with Crippen molar-refractivity contribution >= 4 is 17.6 Å². The normalized spacial score (nSPS) is 19.8. The summed E-state index contributed by atoms with van der Waals surface area (Å²) in [4.78, 5) is 24.4. The van der Waals surface area contributed by atoms with Crippen LogP contribution >= 0.6 is 0 Å². The molecule has 0 saturated heterocycles. The number of carboxylic acid groups (broad SMARTS) is 1. The molecular weight excluding hydrogens is 432 g/mol. The molecule has 0 amide bonds. The Morgan fingerprint density at radius 3 is 2.50 bits per heavy atom. The van der Waals surface area contributed by atoms with E-state index in [2.05, 4.69) is 26.3 Å². The number of carboxylic acids is 1. The quantitative estimate of drug-likeness (QED) is 0.463. The van der Waals surface area contributed by atoms with E-state index < -0.39 is 11.6 Å². The maximum atomic E-state index is 11.2. The van der Waals surface area contributed by atoms with Crippen molar-refractivity contribution in [1.29, 1.82) is 0 Å². The number of aromatic nitrogens is 3. The number of hydrogen-bond donors (Lipinski definition) is 3. The van der Waals surface area contributed by atoms with E-state index in [0.717, 1.165) is 22.4 Å². The number of carbonyl (C=O) groups is 1. The van der Waals surface area contributed by atoms with Gasteiger partial charge in [-0.05, 0) is 74.8 Å². The Kier molecular flexibility index (Phi) is 6.79. The molecule has 0 radical (unpaired) electrons. The summed E-state index contributed by atoms with van der Waals surface area (Å²) in [6, 6.07) is 11.6. The molecule has 0 unspecified atom stereocenters. The molecule has 2 aromatic heterocycles. The fourth-order valence-corrected chi connectivity index (χ4v) is 4.64. The van der Waals surface area contributed by atoms with Gasteiger partial charge in [0.15, 0.2) is 0 Å². The van der Waals surface area contributed by atoms with E-state index in [1.165, 1.54) is 0 Å². The molecule has 1 atom stereocenters. The van der Waals surface area contributed by atoms with Gasteiger partial charge in [0.25, 0.3) is 0 Å². The Labute approximate surface area is 199 Å².